The minimum atomic E-state index is 0.185. The maximum atomic E-state index is 11.9. The molecule has 2 heterocycles. The average Bonchev–Trinajstić information content (AvgIpc) is 2.90. The van der Waals surface area contributed by atoms with E-state index in [2.05, 4.69) is 66.2 Å². The minimum absolute atomic E-state index is 0.185. The summed E-state index contributed by atoms with van der Waals surface area (Å²) in [5.74, 6) is 0.622. The molecule has 5 heteroatoms. The molecular formula is C22H32N4O. The highest BCUT2D eigenvalue weighted by atomic mass is 16.2. The fraction of sp³-hybridized carbons (Fsp3) is 0.545. The molecule has 0 spiro atoms. The Morgan fingerprint density at radius 1 is 1.22 bits per heavy atom. The largest absolute Gasteiger partial charge is 0.343 e. The summed E-state index contributed by atoms with van der Waals surface area (Å²) in [7, 11) is 0. The Morgan fingerprint density at radius 3 is 2.59 bits per heavy atom. The third-order valence-electron chi connectivity index (χ3n) is 5.99. The zero-order valence-corrected chi connectivity index (χ0v) is 17.0. The lowest BCUT2D eigenvalue weighted by Crippen LogP contribution is -2.51. The lowest BCUT2D eigenvalue weighted by atomic mass is 9.86. The van der Waals surface area contributed by atoms with E-state index in [1.165, 1.54) is 16.8 Å². The summed E-state index contributed by atoms with van der Waals surface area (Å²) in [4.78, 5) is 13.9. The molecule has 0 saturated carbocycles. The van der Waals surface area contributed by atoms with Crippen LogP contribution in [0.3, 0.4) is 0 Å². The molecule has 0 aliphatic carbocycles. The van der Waals surface area contributed by atoms with Gasteiger partial charge in [0.25, 0.3) is 0 Å². The van der Waals surface area contributed by atoms with Gasteiger partial charge in [0.2, 0.25) is 5.91 Å². The Hall–Kier alpha value is -2.14. The van der Waals surface area contributed by atoms with E-state index in [1.54, 1.807) is 6.92 Å². The van der Waals surface area contributed by atoms with Crippen molar-refractivity contribution in [1.82, 2.24) is 20.0 Å². The fourth-order valence-electron chi connectivity index (χ4n) is 4.07. The molecule has 5 nitrogen and oxygen atoms in total. The average molecular weight is 369 g/mol. The van der Waals surface area contributed by atoms with Crippen LogP contribution in [0.25, 0.3) is 0 Å². The highest BCUT2D eigenvalue weighted by molar-refractivity contribution is 5.73. The first-order valence-corrected chi connectivity index (χ1v) is 9.99. The van der Waals surface area contributed by atoms with Gasteiger partial charge in [0.15, 0.2) is 0 Å². The topological polar surface area (TPSA) is 50.2 Å². The van der Waals surface area contributed by atoms with Gasteiger partial charge in [-0.3, -0.25) is 9.48 Å². The maximum absolute atomic E-state index is 11.9. The van der Waals surface area contributed by atoms with E-state index in [-0.39, 0.29) is 5.91 Å². The van der Waals surface area contributed by atoms with Gasteiger partial charge in [-0.05, 0) is 50.7 Å². The van der Waals surface area contributed by atoms with Gasteiger partial charge in [0.05, 0.1) is 12.2 Å². The molecule has 0 unspecified atom stereocenters. The number of hydrogen-bond donors (Lipinski definition) is 1. The maximum Gasteiger partial charge on any atom is 0.219 e. The lowest BCUT2D eigenvalue weighted by molar-refractivity contribution is -0.131. The van der Waals surface area contributed by atoms with Crippen molar-refractivity contribution >= 4 is 5.91 Å². The van der Waals surface area contributed by atoms with Crippen LogP contribution in [-0.2, 0) is 17.8 Å². The molecule has 0 bridgehead atoms. The molecule has 1 aliphatic rings. The molecule has 1 aliphatic heterocycles. The summed E-state index contributed by atoms with van der Waals surface area (Å²) < 4.78 is 2.11. The summed E-state index contributed by atoms with van der Waals surface area (Å²) in [5, 5.41) is 8.40. The molecule has 146 valence electrons. The third-order valence-corrected chi connectivity index (χ3v) is 5.99. The molecule has 0 radical (unpaired) electrons. The number of amides is 1. The lowest BCUT2D eigenvalue weighted by Gasteiger charge is -2.39. The van der Waals surface area contributed by atoms with Crippen LogP contribution in [0.2, 0.25) is 0 Å². The number of aromatic nitrogens is 2. The van der Waals surface area contributed by atoms with Crippen molar-refractivity contribution in [2.24, 2.45) is 5.92 Å². The zero-order valence-electron chi connectivity index (χ0n) is 17.0. The summed E-state index contributed by atoms with van der Waals surface area (Å²) in [6.45, 7) is 11.5. The quantitative estimate of drug-likeness (QED) is 0.853. The SMILES string of the molecule is CC(=O)N1CC[C@H](NCCn2nc(C)c(C)c2C)[C@H](Cc2ccccc2)C1. The van der Waals surface area contributed by atoms with Crippen molar-refractivity contribution in [1.29, 1.82) is 0 Å². The van der Waals surface area contributed by atoms with Crippen molar-refractivity contribution in [2.75, 3.05) is 19.6 Å². The molecule has 1 aromatic heterocycles. The number of likely N-dealkylation sites (tertiary alicyclic amines) is 1. The molecule has 3 rings (SSSR count). The van der Waals surface area contributed by atoms with Crippen molar-refractivity contribution < 1.29 is 4.79 Å². The molecule has 1 fully saturated rings. The Kier molecular flexibility index (Phi) is 6.32. The van der Waals surface area contributed by atoms with Gasteiger partial charge >= 0.3 is 0 Å². The van der Waals surface area contributed by atoms with Crippen molar-refractivity contribution in [3.05, 3.63) is 52.8 Å². The van der Waals surface area contributed by atoms with Crippen LogP contribution in [0.4, 0.5) is 0 Å². The molecule has 2 aromatic rings. The van der Waals surface area contributed by atoms with E-state index in [4.69, 9.17) is 0 Å². The first-order valence-electron chi connectivity index (χ1n) is 9.99. The predicted molar refractivity (Wildman–Crippen MR) is 109 cm³/mol. The van der Waals surface area contributed by atoms with E-state index in [0.717, 1.165) is 44.7 Å². The van der Waals surface area contributed by atoms with Gasteiger partial charge in [-0.25, -0.2) is 0 Å². The smallest absolute Gasteiger partial charge is 0.219 e. The summed E-state index contributed by atoms with van der Waals surface area (Å²) in [6.07, 6.45) is 2.01. The van der Waals surface area contributed by atoms with Crippen LogP contribution in [0.15, 0.2) is 30.3 Å². The fourth-order valence-corrected chi connectivity index (χ4v) is 4.07. The molecule has 2 atom stereocenters. The number of rotatable bonds is 6. The first kappa shape index (κ1) is 19.6. The minimum Gasteiger partial charge on any atom is -0.343 e. The standard InChI is InChI=1S/C22H32N4O/c1-16-17(2)24-26(18(16)3)13-11-23-22-10-12-25(19(4)27)15-21(22)14-20-8-6-5-7-9-20/h5-9,21-23H,10-15H2,1-4H3/t21-,22+/m1/s1. The number of aryl methyl sites for hydroxylation is 1. The first-order chi connectivity index (χ1) is 13.0. The van der Waals surface area contributed by atoms with Crippen LogP contribution >= 0.6 is 0 Å². The number of nitrogens with one attached hydrogen (secondary N) is 1. The van der Waals surface area contributed by atoms with Crippen molar-refractivity contribution in [3.63, 3.8) is 0 Å². The van der Waals surface area contributed by atoms with Gasteiger partial charge in [-0.2, -0.15) is 5.10 Å². The van der Waals surface area contributed by atoms with Crippen LogP contribution in [0, 0.1) is 26.7 Å². The normalized spacial score (nSPS) is 20.1. The Morgan fingerprint density at radius 2 is 1.96 bits per heavy atom. The number of carbonyl (C=O) groups is 1. The van der Waals surface area contributed by atoms with Gasteiger partial charge in [0.1, 0.15) is 0 Å². The number of nitrogens with zero attached hydrogens (tertiary/aromatic N) is 3. The number of piperidine rings is 1. The third kappa shape index (κ3) is 4.78. The molecular weight excluding hydrogens is 336 g/mol. The molecule has 27 heavy (non-hydrogen) atoms. The number of carbonyl (C=O) groups excluding carboxylic acids is 1. The second kappa shape index (κ2) is 8.70. The van der Waals surface area contributed by atoms with E-state index < -0.39 is 0 Å². The molecule has 1 aromatic carbocycles. The van der Waals surface area contributed by atoms with Crippen molar-refractivity contribution in [2.45, 2.75) is 53.1 Å². The van der Waals surface area contributed by atoms with Gasteiger partial charge in [-0.15, -0.1) is 0 Å². The monoisotopic (exact) mass is 368 g/mol. The second-order valence-corrected chi connectivity index (χ2v) is 7.78. The van der Waals surface area contributed by atoms with E-state index in [0.29, 0.717) is 12.0 Å². The predicted octanol–water partition coefficient (Wildman–Crippen LogP) is 2.88. The molecule has 1 N–H and O–H groups in total. The highest BCUT2D eigenvalue weighted by Gasteiger charge is 2.30. The Balaban J connectivity index is 1.62. The summed E-state index contributed by atoms with van der Waals surface area (Å²) in [6, 6.07) is 11.0. The van der Waals surface area contributed by atoms with Gasteiger partial charge < -0.3 is 10.2 Å². The van der Waals surface area contributed by atoms with Crippen LogP contribution in [-0.4, -0.2) is 46.3 Å². The van der Waals surface area contributed by atoms with E-state index in [9.17, 15) is 4.79 Å². The Bertz CT molecular complexity index is 768. The number of benzene rings is 1. The summed E-state index contributed by atoms with van der Waals surface area (Å²) in [5.41, 5.74) is 4.99. The van der Waals surface area contributed by atoms with Crippen LogP contribution < -0.4 is 5.32 Å². The summed E-state index contributed by atoms with van der Waals surface area (Å²) >= 11 is 0. The van der Waals surface area contributed by atoms with Crippen LogP contribution in [0.1, 0.15) is 35.9 Å². The molecule has 1 saturated heterocycles. The number of hydrogen-bond acceptors (Lipinski definition) is 3. The second-order valence-electron chi connectivity index (χ2n) is 7.78. The van der Waals surface area contributed by atoms with Crippen LogP contribution in [0.5, 0.6) is 0 Å². The van der Waals surface area contributed by atoms with Gasteiger partial charge in [0, 0.05) is 38.3 Å². The van der Waals surface area contributed by atoms with E-state index >= 15 is 0 Å². The zero-order chi connectivity index (χ0) is 19.4. The highest BCUT2D eigenvalue weighted by Crippen LogP contribution is 2.22. The van der Waals surface area contributed by atoms with Gasteiger partial charge in [-0.1, -0.05) is 30.3 Å². The molecule has 1 amide bonds. The Labute approximate surface area is 162 Å². The van der Waals surface area contributed by atoms with E-state index in [1.807, 2.05) is 4.90 Å². The van der Waals surface area contributed by atoms with Crippen molar-refractivity contribution in [3.8, 4) is 0 Å².